The monoisotopic (exact) mass is 442 g/mol. The minimum atomic E-state index is -0.604. The lowest BCUT2D eigenvalue weighted by Crippen LogP contribution is -2.12. The maximum Gasteiger partial charge on any atom is 0.359 e. The molecule has 166 valence electrons. The van der Waals surface area contributed by atoms with E-state index in [0.717, 1.165) is 5.56 Å². The van der Waals surface area contributed by atoms with Crippen LogP contribution in [-0.4, -0.2) is 36.0 Å². The molecule has 0 aliphatic carbocycles. The molecule has 8 nitrogen and oxygen atoms in total. The number of nitrogens with zero attached hydrogens (tertiary/aromatic N) is 3. The van der Waals surface area contributed by atoms with Gasteiger partial charge in [-0.05, 0) is 44.4 Å². The van der Waals surface area contributed by atoms with E-state index in [0.29, 0.717) is 50.6 Å². The Kier molecular flexibility index (Phi) is 6.90. The van der Waals surface area contributed by atoms with E-state index in [1.165, 1.54) is 0 Å². The van der Waals surface area contributed by atoms with E-state index in [2.05, 4.69) is 14.8 Å². The van der Waals surface area contributed by atoms with Crippen LogP contribution in [0.5, 0.6) is 0 Å². The maximum absolute atomic E-state index is 12.6. The van der Waals surface area contributed by atoms with Gasteiger partial charge in [0.15, 0.2) is 6.61 Å². The Morgan fingerprint density at radius 2 is 1.82 bits per heavy atom. The van der Waals surface area contributed by atoms with Gasteiger partial charge in [0.1, 0.15) is 6.07 Å². The zero-order valence-corrected chi connectivity index (χ0v) is 18.8. The summed E-state index contributed by atoms with van der Waals surface area (Å²) in [5.74, 6) is -1.19. The molecule has 0 saturated carbocycles. The third-order valence-electron chi connectivity index (χ3n) is 5.29. The first kappa shape index (κ1) is 23.2. The Bertz CT molecular complexity index is 1300. The van der Waals surface area contributed by atoms with Crippen LogP contribution in [0, 0.1) is 31.8 Å². The van der Waals surface area contributed by atoms with Crippen LogP contribution in [0.25, 0.3) is 10.4 Å². The second kappa shape index (κ2) is 9.80. The van der Waals surface area contributed by atoms with E-state index >= 15 is 0 Å². The van der Waals surface area contributed by atoms with Gasteiger partial charge < -0.3 is 14.5 Å². The van der Waals surface area contributed by atoms with Crippen LogP contribution < -0.4 is 0 Å². The maximum atomic E-state index is 12.6. The summed E-state index contributed by atoms with van der Waals surface area (Å²) in [5.41, 5.74) is 5.77. The number of esters is 2. The molecule has 8 heteroatoms. The van der Waals surface area contributed by atoms with Gasteiger partial charge in [0.25, 0.3) is 0 Å². The van der Waals surface area contributed by atoms with Crippen LogP contribution in [0.4, 0.5) is 0 Å². The lowest BCUT2D eigenvalue weighted by molar-refractivity contribution is -0.137. The first-order valence-corrected chi connectivity index (χ1v) is 10.1. The van der Waals surface area contributed by atoms with Gasteiger partial charge in [-0.1, -0.05) is 30.3 Å². The Morgan fingerprint density at radius 3 is 2.45 bits per heavy atom. The molecule has 0 spiro atoms. The molecule has 2 heterocycles. The van der Waals surface area contributed by atoms with E-state index in [-0.39, 0.29) is 13.3 Å². The molecular formula is C25H22N4O4. The predicted octanol–water partition coefficient (Wildman–Crippen LogP) is 4.28. The Balaban J connectivity index is 2.25. The SMILES string of the molecule is [C-]#[N+]COC(=O)C1=C(C)C(=C(c2ccccc2)c2[nH]c(C)c(C(=O)OCC#N)c2C)N=C1C. The molecule has 1 aromatic carbocycles. The number of aryl methyl sites for hydroxylation is 1. The topological polar surface area (TPSA) is 109 Å². The summed E-state index contributed by atoms with van der Waals surface area (Å²) in [4.78, 5) is 36.1. The van der Waals surface area contributed by atoms with Gasteiger partial charge in [0.05, 0.1) is 28.2 Å². The van der Waals surface area contributed by atoms with E-state index in [1.807, 2.05) is 30.3 Å². The summed E-state index contributed by atoms with van der Waals surface area (Å²) < 4.78 is 10.1. The van der Waals surface area contributed by atoms with E-state index < -0.39 is 11.9 Å². The fourth-order valence-corrected chi connectivity index (χ4v) is 3.88. The van der Waals surface area contributed by atoms with Crippen molar-refractivity contribution in [3.8, 4) is 6.07 Å². The standard InChI is InChI=1S/C25H22N4O4/c1-14-19(24(30)32-12-11-26)16(3)28-22(14)21(18-9-7-6-8-10-18)23-15(2)20(17(4)29-23)25(31)33-13-27-5/h6-10,28H,12-13H2,1-4H3. The third kappa shape index (κ3) is 4.46. The van der Waals surface area contributed by atoms with Gasteiger partial charge in [-0.25, -0.2) is 16.2 Å². The number of hydrogen-bond donors (Lipinski definition) is 1. The molecule has 0 unspecified atom stereocenters. The van der Waals surface area contributed by atoms with Crippen molar-refractivity contribution in [2.24, 2.45) is 4.99 Å². The number of aromatic nitrogens is 1. The van der Waals surface area contributed by atoms with Crippen LogP contribution >= 0.6 is 0 Å². The van der Waals surface area contributed by atoms with Crippen LogP contribution in [0.3, 0.4) is 0 Å². The molecule has 33 heavy (non-hydrogen) atoms. The highest BCUT2D eigenvalue weighted by molar-refractivity contribution is 6.22. The molecule has 1 aliphatic rings. The number of nitriles is 1. The number of H-pyrrole nitrogens is 1. The second-order valence-electron chi connectivity index (χ2n) is 7.37. The number of aliphatic imine (C=N–C) groups is 1. The number of carbonyl (C=O) groups excluding carboxylic acids is 2. The van der Waals surface area contributed by atoms with Gasteiger partial charge in [-0.3, -0.25) is 9.84 Å². The number of carbonyl (C=O) groups is 2. The summed E-state index contributed by atoms with van der Waals surface area (Å²) in [6, 6.07) is 11.3. The molecule has 0 saturated heterocycles. The van der Waals surface area contributed by atoms with Gasteiger partial charge in [-0.15, -0.1) is 0 Å². The summed E-state index contributed by atoms with van der Waals surface area (Å²) in [7, 11) is 0. The van der Waals surface area contributed by atoms with E-state index in [4.69, 9.17) is 21.3 Å². The molecule has 2 aromatic rings. The molecule has 0 amide bonds. The smallest absolute Gasteiger partial charge is 0.359 e. The summed E-state index contributed by atoms with van der Waals surface area (Å²) in [6.45, 7) is 13.2. The Morgan fingerprint density at radius 1 is 1.12 bits per heavy atom. The van der Waals surface area contributed by atoms with E-state index in [9.17, 15) is 9.59 Å². The summed E-state index contributed by atoms with van der Waals surface area (Å²) in [6.07, 6.45) is 0. The van der Waals surface area contributed by atoms with Gasteiger partial charge in [0, 0.05) is 11.3 Å². The molecule has 0 atom stereocenters. The Labute approximate surface area is 191 Å². The van der Waals surface area contributed by atoms with Crippen LogP contribution in [0.15, 0.2) is 52.2 Å². The first-order chi connectivity index (χ1) is 15.8. The number of benzene rings is 1. The number of hydrogen-bond acceptors (Lipinski definition) is 6. The molecule has 1 aliphatic heterocycles. The molecule has 1 N–H and O–H groups in total. The van der Waals surface area contributed by atoms with Crippen molar-refractivity contribution in [3.05, 3.63) is 86.7 Å². The van der Waals surface area contributed by atoms with Crippen molar-refractivity contribution in [1.29, 1.82) is 5.26 Å². The lowest BCUT2D eigenvalue weighted by Gasteiger charge is -2.12. The van der Waals surface area contributed by atoms with Crippen LogP contribution in [-0.2, 0) is 14.3 Å². The van der Waals surface area contributed by atoms with Crippen molar-refractivity contribution in [1.82, 2.24) is 4.98 Å². The number of aromatic amines is 1. The average molecular weight is 442 g/mol. The quantitative estimate of drug-likeness (QED) is 0.530. The van der Waals surface area contributed by atoms with Crippen molar-refractivity contribution < 1.29 is 19.1 Å². The van der Waals surface area contributed by atoms with Gasteiger partial charge in [-0.2, -0.15) is 5.26 Å². The molecule has 3 rings (SSSR count). The number of ether oxygens (including phenoxy) is 2. The zero-order chi connectivity index (χ0) is 24.1. The average Bonchev–Trinajstić information content (AvgIpc) is 3.26. The molecule has 0 fully saturated rings. The second-order valence-corrected chi connectivity index (χ2v) is 7.37. The largest absolute Gasteiger partial charge is 0.447 e. The summed E-state index contributed by atoms with van der Waals surface area (Å²) >= 11 is 0. The molecular weight excluding hydrogens is 420 g/mol. The van der Waals surface area contributed by atoms with Gasteiger partial charge >= 0.3 is 18.7 Å². The predicted molar refractivity (Wildman–Crippen MR) is 122 cm³/mol. The highest BCUT2D eigenvalue weighted by atomic mass is 16.5. The van der Waals surface area contributed by atoms with Crippen LogP contribution in [0.2, 0.25) is 0 Å². The third-order valence-corrected chi connectivity index (χ3v) is 5.29. The normalized spacial score (nSPS) is 14.3. The number of nitrogens with one attached hydrogen (secondary N) is 1. The lowest BCUT2D eigenvalue weighted by atomic mass is 9.94. The molecule has 0 bridgehead atoms. The minimum Gasteiger partial charge on any atom is -0.447 e. The van der Waals surface area contributed by atoms with Crippen molar-refractivity contribution in [2.75, 3.05) is 13.3 Å². The first-order valence-electron chi connectivity index (χ1n) is 10.1. The van der Waals surface area contributed by atoms with Gasteiger partial charge in [0.2, 0.25) is 0 Å². The van der Waals surface area contributed by atoms with E-state index in [1.54, 1.807) is 33.8 Å². The fraction of sp³-hybridized carbons (Fsp3) is 0.240. The number of rotatable bonds is 6. The van der Waals surface area contributed by atoms with Crippen molar-refractivity contribution in [3.63, 3.8) is 0 Å². The number of allylic oxidation sites excluding steroid dienone is 1. The van der Waals surface area contributed by atoms with Crippen molar-refractivity contribution in [2.45, 2.75) is 27.7 Å². The fourth-order valence-electron chi connectivity index (χ4n) is 3.88. The summed E-state index contributed by atoms with van der Waals surface area (Å²) in [5, 5.41) is 8.75. The van der Waals surface area contributed by atoms with Crippen molar-refractivity contribution >= 4 is 23.2 Å². The highest BCUT2D eigenvalue weighted by Crippen LogP contribution is 2.38. The molecule has 0 radical (unpaired) electrons. The highest BCUT2D eigenvalue weighted by Gasteiger charge is 2.30. The zero-order valence-electron chi connectivity index (χ0n) is 18.8. The Hall–Kier alpha value is -4.43. The minimum absolute atomic E-state index is 0.316. The molecule has 1 aromatic heterocycles. The van der Waals surface area contributed by atoms with Crippen LogP contribution in [0.1, 0.15) is 46.7 Å².